The highest BCUT2D eigenvalue weighted by atomic mass is 35.5. The van der Waals surface area contributed by atoms with Crippen molar-refractivity contribution in [3.05, 3.63) is 40.3 Å². The summed E-state index contributed by atoms with van der Waals surface area (Å²) in [5.41, 5.74) is 3.73. The summed E-state index contributed by atoms with van der Waals surface area (Å²) in [5.74, 6) is -1.37. The monoisotopic (exact) mass is 388 g/mol. The van der Waals surface area contributed by atoms with Crippen LogP contribution in [0.3, 0.4) is 0 Å². The van der Waals surface area contributed by atoms with Gasteiger partial charge in [0.05, 0.1) is 15.9 Å². The minimum atomic E-state index is -4.73. The zero-order valence-electron chi connectivity index (χ0n) is 11.0. The fourth-order valence-electron chi connectivity index (χ4n) is 1.56. The van der Waals surface area contributed by atoms with Crippen molar-refractivity contribution in [3.63, 3.8) is 0 Å². The van der Waals surface area contributed by atoms with Crippen molar-refractivity contribution in [2.24, 2.45) is 0 Å². The van der Waals surface area contributed by atoms with Crippen LogP contribution in [-0.2, 0) is 6.18 Å². The molecule has 0 saturated heterocycles. The molecule has 2 N–H and O–H groups in total. The lowest BCUT2D eigenvalue weighted by molar-refractivity contribution is -0.137. The molecular weight excluding hydrogens is 383 g/mol. The Morgan fingerprint density at radius 1 is 1.26 bits per heavy atom. The van der Waals surface area contributed by atoms with E-state index < -0.39 is 28.3 Å². The van der Waals surface area contributed by atoms with E-state index in [1.807, 2.05) is 0 Å². The van der Waals surface area contributed by atoms with Crippen LogP contribution in [-0.4, -0.2) is 15.1 Å². The van der Waals surface area contributed by atoms with Crippen molar-refractivity contribution in [2.75, 3.05) is 11.1 Å². The highest BCUT2D eigenvalue weighted by Gasteiger charge is 2.32. The molecule has 0 spiro atoms. The predicted octanol–water partition coefficient (Wildman–Crippen LogP) is 4.56. The van der Waals surface area contributed by atoms with Gasteiger partial charge in [-0.15, -0.1) is 23.2 Å². The number of hydrogen-bond acceptors (Lipinski definition) is 3. The molecule has 1 heterocycles. The maximum Gasteiger partial charge on any atom is 0.416 e. The van der Waals surface area contributed by atoms with E-state index in [1.54, 1.807) is 6.07 Å². The average Bonchev–Trinajstić information content (AvgIpc) is 2.79. The molecule has 1 aromatic carbocycles. The lowest BCUT2D eigenvalue weighted by Crippen LogP contribution is -2.10. The van der Waals surface area contributed by atoms with Crippen molar-refractivity contribution in [3.8, 4) is 11.8 Å². The SMILES string of the molecule is ClCCl.N#Cc1cc(N)n(-c2c(F)cc(C(F)(F)F)cc2Cl)n1. The van der Waals surface area contributed by atoms with Crippen LogP contribution in [0.5, 0.6) is 0 Å². The number of aromatic nitrogens is 2. The third-order valence-corrected chi connectivity index (χ3v) is 2.70. The first kappa shape index (κ1) is 19.4. The van der Waals surface area contributed by atoms with Gasteiger partial charge in [0.2, 0.25) is 0 Å². The molecule has 0 amide bonds. The van der Waals surface area contributed by atoms with Gasteiger partial charge in [-0.25, -0.2) is 9.07 Å². The Kier molecular flexibility index (Phi) is 6.50. The molecule has 0 aliphatic rings. The fourth-order valence-corrected chi connectivity index (χ4v) is 1.85. The number of nitrogens with two attached hydrogens (primary N) is 1. The molecule has 2 rings (SSSR count). The Balaban J connectivity index is 0.000000816. The number of nitriles is 1. The first-order valence-electron chi connectivity index (χ1n) is 5.59. The van der Waals surface area contributed by atoms with Gasteiger partial charge >= 0.3 is 6.18 Å². The second-order valence-electron chi connectivity index (χ2n) is 3.87. The number of alkyl halides is 5. The zero-order valence-corrected chi connectivity index (χ0v) is 13.3. The van der Waals surface area contributed by atoms with Gasteiger partial charge in [-0.3, -0.25) is 0 Å². The van der Waals surface area contributed by atoms with Crippen LogP contribution in [0.15, 0.2) is 18.2 Å². The molecule has 0 aliphatic carbocycles. The Morgan fingerprint density at radius 2 is 1.83 bits per heavy atom. The number of halogens is 7. The van der Waals surface area contributed by atoms with Gasteiger partial charge in [0.1, 0.15) is 17.6 Å². The molecule has 1 aromatic heterocycles. The number of rotatable bonds is 1. The summed E-state index contributed by atoms with van der Waals surface area (Å²) in [6.07, 6.45) is -4.73. The van der Waals surface area contributed by atoms with Crippen LogP contribution in [0.25, 0.3) is 5.69 Å². The van der Waals surface area contributed by atoms with Gasteiger partial charge in [-0.2, -0.15) is 23.5 Å². The van der Waals surface area contributed by atoms with E-state index in [0.29, 0.717) is 6.07 Å². The highest BCUT2D eigenvalue weighted by Crippen LogP contribution is 2.35. The molecule has 11 heteroatoms. The fraction of sp³-hybridized carbons (Fsp3) is 0.167. The van der Waals surface area contributed by atoms with Crippen molar-refractivity contribution in [1.29, 1.82) is 5.26 Å². The first-order chi connectivity index (χ1) is 10.6. The molecule has 0 saturated carbocycles. The Hall–Kier alpha value is -1.69. The first-order valence-corrected chi connectivity index (χ1v) is 7.04. The molecule has 23 heavy (non-hydrogen) atoms. The van der Waals surface area contributed by atoms with E-state index >= 15 is 0 Å². The van der Waals surface area contributed by atoms with E-state index in [9.17, 15) is 17.6 Å². The quantitative estimate of drug-likeness (QED) is 0.574. The normalized spacial score (nSPS) is 10.7. The van der Waals surface area contributed by atoms with Crippen LogP contribution in [0.2, 0.25) is 5.02 Å². The summed E-state index contributed by atoms with van der Waals surface area (Å²) < 4.78 is 52.1. The number of nitrogens with zero attached hydrogens (tertiary/aromatic N) is 3. The largest absolute Gasteiger partial charge is 0.416 e. The van der Waals surface area contributed by atoms with Crippen LogP contribution in [0, 0.1) is 17.1 Å². The molecular formula is C12H7Cl3F4N4. The highest BCUT2D eigenvalue weighted by molar-refractivity contribution is 6.40. The molecule has 0 fully saturated rings. The molecule has 0 bridgehead atoms. The van der Waals surface area contributed by atoms with Gasteiger partial charge in [0.25, 0.3) is 0 Å². The van der Waals surface area contributed by atoms with Crippen LogP contribution >= 0.6 is 34.8 Å². The van der Waals surface area contributed by atoms with Crippen LogP contribution in [0.4, 0.5) is 23.4 Å². The lowest BCUT2D eigenvalue weighted by atomic mass is 10.2. The van der Waals surface area contributed by atoms with Crippen LogP contribution < -0.4 is 5.73 Å². The third-order valence-electron chi connectivity index (χ3n) is 2.41. The lowest BCUT2D eigenvalue weighted by Gasteiger charge is -2.12. The van der Waals surface area contributed by atoms with Crippen molar-refractivity contribution < 1.29 is 17.6 Å². The van der Waals surface area contributed by atoms with Crippen LogP contribution in [0.1, 0.15) is 11.3 Å². The second kappa shape index (κ2) is 7.73. The maximum absolute atomic E-state index is 13.8. The van der Waals surface area contributed by atoms with Crippen molar-refractivity contribution in [1.82, 2.24) is 9.78 Å². The summed E-state index contributed by atoms with van der Waals surface area (Å²) in [4.78, 5) is 0. The van der Waals surface area contributed by atoms with Gasteiger partial charge in [0, 0.05) is 6.07 Å². The molecule has 2 aromatic rings. The Morgan fingerprint density at radius 3 is 2.22 bits per heavy atom. The van der Waals surface area contributed by atoms with Crippen molar-refractivity contribution in [2.45, 2.75) is 6.18 Å². The molecule has 0 aliphatic heterocycles. The van der Waals surface area contributed by atoms with Gasteiger partial charge < -0.3 is 5.73 Å². The van der Waals surface area contributed by atoms with Gasteiger partial charge in [-0.1, -0.05) is 11.6 Å². The summed E-state index contributed by atoms with van der Waals surface area (Å²) in [6, 6.07) is 3.67. The molecule has 4 nitrogen and oxygen atoms in total. The molecule has 0 unspecified atom stereocenters. The standard InChI is InChI=1S/C11H5ClF4N4.CH2Cl2/c12-7-1-5(11(14,15)16)2-8(13)10(7)20-9(18)3-6(4-17)19-20;2-1-3/h1-3H,18H2;1H2. The number of benzene rings is 1. The van der Waals surface area contributed by atoms with E-state index in [-0.39, 0.29) is 22.9 Å². The summed E-state index contributed by atoms with van der Waals surface area (Å²) in [7, 11) is 0. The topological polar surface area (TPSA) is 67.6 Å². The molecule has 124 valence electrons. The number of hydrogen-bond donors (Lipinski definition) is 1. The van der Waals surface area contributed by atoms with Gasteiger partial charge in [0.15, 0.2) is 11.5 Å². The zero-order chi connectivity index (χ0) is 17.8. The Bertz CT molecular complexity index is 714. The minimum absolute atomic E-state index is 0.113. The smallest absolute Gasteiger partial charge is 0.384 e. The number of nitrogen functional groups attached to an aromatic ring is 1. The predicted molar refractivity (Wildman–Crippen MR) is 79.2 cm³/mol. The van der Waals surface area contributed by atoms with Crippen molar-refractivity contribution >= 4 is 40.6 Å². The summed E-state index contributed by atoms with van der Waals surface area (Å²) in [6.45, 7) is 0. The summed E-state index contributed by atoms with van der Waals surface area (Å²) in [5, 5.41) is 12.0. The van der Waals surface area contributed by atoms with E-state index in [2.05, 4.69) is 5.10 Å². The summed E-state index contributed by atoms with van der Waals surface area (Å²) >= 11 is 15.2. The Labute approximate surface area is 143 Å². The third kappa shape index (κ3) is 4.64. The number of anilines is 1. The van der Waals surface area contributed by atoms with Gasteiger partial charge in [-0.05, 0) is 12.1 Å². The van der Waals surface area contributed by atoms with E-state index in [4.69, 9.17) is 45.8 Å². The second-order valence-corrected chi connectivity index (χ2v) is 5.08. The van der Waals surface area contributed by atoms with E-state index in [1.165, 1.54) is 0 Å². The average molecular weight is 390 g/mol. The van der Waals surface area contributed by atoms with E-state index in [0.717, 1.165) is 10.7 Å². The maximum atomic E-state index is 13.8. The molecule has 0 atom stereocenters. The molecule has 0 radical (unpaired) electrons. The minimum Gasteiger partial charge on any atom is -0.384 e.